The SMILES string of the molecule is Cc1ccc2cc3c(nc2c1)OC(C)C3. The van der Waals surface area contributed by atoms with Gasteiger partial charge in [-0.25, -0.2) is 4.98 Å². The van der Waals surface area contributed by atoms with E-state index in [1.807, 2.05) is 0 Å². The lowest BCUT2D eigenvalue weighted by molar-refractivity contribution is 0.247. The Morgan fingerprint density at radius 2 is 2.20 bits per heavy atom. The van der Waals surface area contributed by atoms with Crippen LogP contribution in [0.4, 0.5) is 0 Å². The molecule has 2 heterocycles. The standard InChI is InChI=1S/C13H13NO/c1-8-3-4-10-7-11-6-9(2)15-13(11)14-12(10)5-8/h3-5,7,9H,6H2,1-2H3. The molecule has 0 bridgehead atoms. The highest BCUT2D eigenvalue weighted by Gasteiger charge is 2.20. The number of hydrogen-bond donors (Lipinski definition) is 0. The molecule has 1 aromatic carbocycles. The number of fused-ring (bicyclic) bond motifs is 2. The number of aromatic nitrogens is 1. The first-order chi connectivity index (χ1) is 7.22. The summed E-state index contributed by atoms with van der Waals surface area (Å²) in [7, 11) is 0. The van der Waals surface area contributed by atoms with Crippen LogP contribution in [0.15, 0.2) is 24.3 Å². The number of rotatable bonds is 0. The molecule has 2 heteroatoms. The molecule has 0 aliphatic carbocycles. The second kappa shape index (κ2) is 2.96. The van der Waals surface area contributed by atoms with Crippen LogP contribution in [0.1, 0.15) is 18.1 Å². The Morgan fingerprint density at radius 3 is 3.07 bits per heavy atom. The molecule has 15 heavy (non-hydrogen) atoms. The maximum absolute atomic E-state index is 5.64. The lowest BCUT2D eigenvalue weighted by Crippen LogP contribution is -2.05. The van der Waals surface area contributed by atoms with Crippen LogP contribution < -0.4 is 4.74 Å². The lowest BCUT2D eigenvalue weighted by atomic mass is 10.1. The van der Waals surface area contributed by atoms with Gasteiger partial charge in [0.15, 0.2) is 0 Å². The summed E-state index contributed by atoms with van der Waals surface area (Å²) in [5.41, 5.74) is 3.50. The molecule has 0 fully saturated rings. The van der Waals surface area contributed by atoms with Crippen LogP contribution in [0, 0.1) is 6.92 Å². The average Bonchev–Trinajstić information content (AvgIpc) is 2.53. The summed E-state index contributed by atoms with van der Waals surface area (Å²) in [6.45, 7) is 4.16. The van der Waals surface area contributed by atoms with Crippen molar-refractivity contribution in [1.82, 2.24) is 4.98 Å². The number of ether oxygens (including phenoxy) is 1. The zero-order chi connectivity index (χ0) is 10.4. The van der Waals surface area contributed by atoms with Crippen LogP contribution in [0.3, 0.4) is 0 Å². The number of pyridine rings is 1. The van der Waals surface area contributed by atoms with Gasteiger partial charge < -0.3 is 4.74 Å². The summed E-state index contributed by atoms with van der Waals surface area (Å²) in [5, 5.41) is 1.21. The number of benzene rings is 1. The predicted octanol–water partition coefficient (Wildman–Crippen LogP) is 2.87. The second-order valence-corrected chi connectivity index (χ2v) is 4.28. The zero-order valence-corrected chi connectivity index (χ0v) is 8.95. The van der Waals surface area contributed by atoms with Crippen LogP contribution in [0.2, 0.25) is 0 Å². The van der Waals surface area contributed by atoms with E-state index in [0.717, 1.165) is 17.8 Å². The Morgan fingerprint density at radius 1 is 1.33 bits per heavy atom. The molecule has 1 aromatic heterocycles. The van der Waals surface area contributed by atoms with E-state index in [0.29, 0.717) is 0 Å². The van der Waals surface area contributed by atoms with Crippen molar-refractivity contribution in [3.05, 3.63) is 35.4 Å². The van der Waals surface area contributed by atoms with Gasteiger partial charge in [-0.3, -0.25) is 0 Å². The first-order valence-corrected chi connectivity index (χ1v) is 5.29. The normalized spacial score (nSPS) is 18.9. The van der Waals surface area contributed by atoms with Gasteiger partial charge in [0.2, 0.25) is 5.88 Å². The molecule has 1 aliphatic rings. The highest BCUT2D eigenvalue weighted by Crippen LogP contribution is 2.29. The average molecular weight is 199 g/mol. The van der Waals surface area contributed by atoms with Gasteiger partial charge in [-0.05, 0) is 31.5 Å². The lowest BCUT2D eigenvalue weighted by Gasteiger charge is -2.03. The van der Waals surface area contributed by atoms with Crippen molar-refractivity contribution in [1.29, 1.82) is 0 Å². The fourth-order valence-corrected chi connectivity index (χ4v) is 2.09. The first kappa shape index (κ1) is 8.72. The van der Waals surface area contributed by atoms with E-state index < -0.39 is 0 Å². The van der Waals surface area contributed by atoms with Gasteiger partial charge in [0.05, 0.1) is 5.52 Å². The molecule has 1 atom stereocenters. The van der Waals surface area contributed by atoms with E-state index in [2.05, 4.69) is 43.1 Å². The summed E-state index contributed by atoms with van der Waals surface area (Å²) in [6.07, 6.45) is 1.25. The smallest absolute Gasteiger partial charge is 0.217 e. The van der Waals surface area contributed by atoms with Gasteiger partial charge in [-0.1, -0.05) is 12.1 Å². The van der Waals surface area contributed by atoms with Gasteiger partial charge in [0.25, 0.3) is 0 Å². The van der Waals surface area contributed by atoms with Crippen LogP contribution in [0.5, 0.6) is 5.88 Å². The maximum atomic E-state index is 5.64. The van der Waals surface area contributed by atoms with Gasteiger partial charge in [0.1, 0.15) is 6.10 Å². The van der Waals surface area contributed by atoms with Crippen molar-refractivity contribution in [3.8, 4) is 5.88 Å². The number of nitrogens with zero attached hydrogens (tertiary/aromatic N) is 1. The summed E-state index contributed by atoms with van der Waals surface area (Å²) in [4.78, 5) is 4.54. The molecule has 0 saturated heterocycles. The van der Waals surface area contributed by atoms with E-state index in [1.54, 1.807) is 0 Å². The van der Waals surface area contributed by atoms with Gasteiger partial charge >= 0.3 is 0 Å². The fourth-order valence-electron chi connectivity index (χ4n) is 2.09. The van der Waals surface area contributed by atoms with E-state index >= 15 is 0 Å². The Balaban J connectivity index is 2.25. The van der Waals surface area contributed by atoms with Crippen LogP contribution >= 0.6 is 0 Å². The van der Waals surface area contributed by atoms with Crippen molar-refractivity contribution in [2.75, 3.05) is 0 Å². The molecule has 0 radical (unpaired) electrons. The topological polar surface area (TPSA) is 22.1 Å². The molecular weight excluding hydrogens is 186 g/mol. The Kier molecular flexibility index (Phi) is 1.72. The summed E-state index contributed by atoms with van der Waals surface area (Å²) in [5.74, 6) is 0.820. The highest BCUT2D eigenvalue weighted by molar-refractivity contribution is 5.81. The van der Waals surface area contributed by atoms with Crippen molar-refractivity contribution in [3.63, 3.8) is 0 Å². The van der Waals surface area contributed by atoms with Crippen molar-refractivity contribution < 1.29 is 4.74 Å². The highest BCUT2D eigenvalue weighted by atomic mass is 16.5. The van der Waals surface area contributed by atoms with Gasteiger partial charge in [-0.2, -0.15) is 0 Å². The first-order valence-electron chi connectivity index (χ1n) is 5.29. The zero-order valence-electron chi connectivity index (χ0n) is 8.95. The van der Waals surface area contributed by atoms with E-state index in [9.17, 15) is 0 Å². The van der Waals surface area contributed by atoms with Crippen LogP contribution in [-0.2, 0) is 6.42 Å². The summed E-state index contributed by atoms with van der Waals surface area (Å²) >= 11 is 0. The molecule has 1 aliphatic heterocycles. The maximum Gasteiger partial charge on any atom is 0.217 e. The number of aryl methyl sites for hydroxylation is 1. The molecule has 2 aromatic rings. The van der Waals surface area contributed by atoms with Crippen LogP contribution in [0.25, 0.3) is 10.9 Å². The van der Waals surface area contributed by atoms with E-state index in [1.165, 1.54) is 16.5 Å². The Bertz CT molecular complexity index is 533. The fraction of sp³-hybridized carbons (Fsp3) is 0.308. The quantitative estimate of drug-likeness (QED) is 0.651. The summed E-state index contributed by atoms with van der Waals surface area (Å²) < 4.78 is 5.64. The Labute approximate surface area is 88.9 Å². The third-order valence-electron chi connectivity index (χ3n) is 2.83. The molecule has 76 valence electrons. The number of hydrogen-bond acceptors (Lipinski definition) is 2. The van der Waals surface area contributed by atoms with Crippen LogP contribution in [-0.4, -0.2) is 11.1 Å². The minimum absolute atomic E-state index is 0.269. The third kappa shape index (κ3) is 1.37. The molecule has 0 saturated carbocycles. The van der Waals surface area contributed by atoms with Crippen molar-refractivity contribution >= 4 is 10.9 Å². The van der Waals surface area contributed by atoms with Gasteiger partial charge in [-0.15, -0.1) is 0 Å². The molecule has 1 unspecified atom stereocenters. The summed E-state index contributed by atoms with van der Waals surface area (Å²) in [6, 6.07) is 8.54. The molecule has 0 N–H and O–H groups in total. The van der Waals surface area contributed by atoms with Crippen molar-refractivity contribution in [2.45, 2.75) is 26.4 Å². The van der Waals surface area contributed by atoms with Crippen molar-refractivity contribution in [2.24, 2.45) is 0 Å². The molecule has 2 nitrogen and oxygen atoms in total. The molecular formula is C13H13NO. The molecule has 0 amide bonds. The molecule has 3 rings (SSSR count). The minimum Gasteiger partial charge on any atom is -0.474 e. The van der Waals surface area contributed by atoms with E-state index in [-0.39, 0.29) is 6.10 Å². The van der Waals surface area contributed by atoms with E-state index in [4.69, 9.17) is 4.74 Å². The minimum atomic E-state index is 0.269. The monoisotopic (exact) mass is 199 g/mol. The second-order valence-electron chi connectivity index (χ2n) is 4.28. The largest absolute Gasteiger partial charge is 0.474 e. The third-order valence-corrected chi connectivity index (χ3v) is 2.83. The Hall–Kier alpha value is -1.57. The van der Waals surface area contributed by atoms with Gasteiger partial charge in [0, 0.05) is 17.4 Å². The molecule has 0 spiro atoms. The predicted molar refractivity (Wildman–Crippen MR) is 60.3 cm³/mol.